The zero-order valence-corrected chi connectivity index (χ0v) is 14.8. The minimum atomic E-state index is -1.42. The van der Waals surface area contributed by atoms with E-state index in [4.69, 9.17) is 15.2 Å². The molecule has 1 aromatic carbocycles. The third-order valence-corrected chi connectivity index (χ3v) is 5.78. The van der Waals surface area contributed by atoms with Crippen molar-refractivity contribution in [2.75, 3.05) is 13.2 Å². The molecule has 1 aromatic rings. The van der Waals surface area contributed by atoms with Crippen molar-refractivity contribution >= 4 is 5.84 Å². The van der Waals surface area contributed by atoms with Gasteiger partial charge in [-0.3, -0.25) is 5.73 Å². The molecular weight excluding hydrogens is 316 g/mol. The van der Waals surface area contributed by atoms with Gasteiger partial charge in [-0.25, -0.2) is 4.99 Å². The summed E-state index contributed by atoms with van der Waals surface area (Å²) in [5, 5.41) is 20.3. The molecule has 0 unspecified atom stereocenters. The topological polar surface area (TPSA) is 106 Å². The van der Waals surface area contributed by atoms with Crippen LogP contribution in [0, 0.1) is 38.9 Å². The molecule has 0 spiro atoms. The van der Waals surface area contributed by atoms with Crippen LogP contribution in [0.5, 0.6) is 0 Å². The smallest absolute Gasteiger partial charge is 0.314 e. The number of nitrogens with two attached hydrogens (primary N) is 1. The highest BCUT2D eigenvalue weighted by molar-refractivity contribution is 5.94. The second-order valence-electron chi connectivity index (χ2n) is 6.74. The van der Waals surface area contributed by atoms with Gasteiger partial charge >= 0.3 is 5.91 Å². The molecule has 1 heterocycles. The van der Waals surface area contributed by atoms with Gasteiger partial charge < -0.3 is 9.47 Å². The lowest BCUT2D eigenvalue weighted by molar-refractivity contribution is -0.695. The van der Waals surface area contributed by atoms with E-state index in [-0.39, 0.29) is 5.84 Å². The van der Waals surface area contributed by atoms with Gasteiger partial charge in [0.15, 0.2) is 10.8 Å². The monoisotopic (exact) mass is 339 g/mol. The molecular formula is C19H23N4O2+. The highest BCUT2D eigenvalue weighted by Gasteiger charge is 3.02. The van der Waals surface area contributed by atoms with Crippen molar-refractivity contribution in [1.29, 1.82) is 10.5 Å². The Labute approximate surface area is 147 Å². The van der Waals surface area contributed by atoms with E-state index in [2.05, 4.69) is 17.1 Å². The van der Waals surface area contributed by atoms with Crippen LogP contribution >= 0.6 is 0 Å². The SMILES string of the molecule is CCOC1(OCC)[NH+]=C(N)[C@@]2(C#N)[C@@](C)(Cc3ccccc3)[C@@]12C#N. The van der Waals surface area contributed by atoms with E-state index in [0.717, 1.165) is 5.56 Å². The minimum absolute atomic E-state index is 0.247. The molecule has 1 fully saturated rings. The highest BCUT2D eigenvalue weighted by Crippen LogP contribution is 2.83. The number of nitrogens with one attached hydrogen (secondary N) is 1. The van der Waals surface area contributed by atoms with Crippen molar-refractivity contribution in [1.82, 2.24) is 0 Å². The predicted molar refractivity (Wildman–Crippen MR) is 90.5 cm³/mol. The second-order valence-corrected chi connectivity index (χ2v) is 6.74. The van der Waals surface area contributed by atoms with Crippen molar-refractivity contribution in [2.45, 2.75) is 33.1 Å². The van der Waals surface area contributed by atoms with Crippen LogP contribution in [0.4, 0.5) is 0 Å². The first-order valence-electron chi connectivity index (χ1n) is 8.50. The number of hydrogen-bond donors (Lipinski definition) is 2. The first-order valence-corrected chi connectivity index (χ1v) is 8.50. The minimum Gasteiger partial charge on any atom is -0.314 e. The number of fused-ring (bicyclic) bond motifs is 1. The molecule has 3 atom stereocenters. The summed E-state index contributed by atoms with van der Waals surface area (Å²) < 4.78 is 11.8. The Morgan fingerprint density at radius 3 is 2.16 bits per heavy atom. The fourth-order valence-electron chi connectivity index (χ4n) is 4.81. The fraction of sp³-hybridized carbons (Fsp3) is 0.526. The summed E-state index contributed by atoms with van der Waals surface area (Å²) in [7, 11) is 0. The maximum atomic E-state index is 10.2. The summed E-state index contributed by atoms with van der Waals surface area (Å²) in [6.07, 6.45) is 0.527. The molecule has 1 aliphatic carbocycles. The van der Waals surface area contributed by atoms with Gasteiger partial charge in [-0.1, -0.05) is 37.3 Å². The lowest BCUT2D eigenvalue weighted by Gasteiger charge is -2.31. The van der Waals surface area contributed by atoms with Crippen LogP contribution in [-0.2, 0) is 15.9 Å². The van der Waals surface area contributed by atoms with Crippen LogP contribution < -0.4 is 10.7 Å². The van der Waals surface area contributed by atoms with Crippen molar-refractivity contribution < 1.29 is 14.5 Å². The largest absolute Gasteiger partial charge is 0.343 e. The molecule has 0 saturated heterocycles. The Morgan fingerprint density at radius 2 is 1.68 bits per heavy atom. The summed E-state index contributed by atoms with van der Waals surface area (Å²) in [4.78, 5) is 3.00. The van der Waals surface area contributed by atoms with Crippen molar-refractivity contribution in [2.24, 2.45) is 22.0 Å². The maximum absolute atomic E-state index is 10.2. The molecule has 2 aliphatic rings. The molecule has 130 valence electrons. The van der Waals surface area contributed by atoms with Gasteiger partial charge in [0.05, 0.1) is 25.4 Å². The first-order chi connectivity index (χ1) is 11.9. The Morgan fingerprint density at radius 1 is 1.08 bits per heavy atom. The zero-order valence-electron chi connectivity index (χ0n) is 14.8. The Bertz CT molecular complexity index is 788. The van der Waals surface area contributed by atoms with Crippen LogP contribution in [0.1, 0.15) is 26.3 Å². The Kier molecular flexibility index (Phi) is 3.87. The first kappa shape index (κ1) is 17.4. The van der Waals surface area contributed by atoms with Gasteiger partial charge in [0.1, 0.15) is 0 Å². The average Bonchev–Trinajstić information content (AvgIpc) is 2.98. The number of benzene rings is 1. The molecule has 0 bridgehead atoms. The van der Waals surface area contributed by atoms with E-state index in [1.807, 2.05) is 51.1 Å². The number of ether oxygens (including phenoxy) is 2. The van der Waals surface area contributed by atoms with Crippen LogP contribution in [0.2, 0.25) is 0 Å². The van der Waals surface area contributed by atoms with E-state index in [0.29, 0.717) is 19.6 Å². The van der Waals surface area contributed by atoms with Crippen LogP contribution in [-0.4, -0.2) is 25.0 Å². The fourth-order valence-corrected chi connectivity index (χ4v) is 4.81. The van der Waals surface area contributed by atoms with Gasteiger partial charge in [0.2, 0.25) is 0 Å². The Balaban J connectivity index is 2.18. The number of rotatable bonds is 6. The number of nitrogens with zero attached hydrogens (tertiary/aromatic N) is 2. The molecule has 0 amide bonds. The zero-order chi connectivity index (χ0) is 18.3. The number of hydrogen-bond acceptors (Lipinski definition) is 5. The van der Waals surface area contributed by atoms with Crippen LogP contribution in [0.25, 0.3) is 0 Å². The standard InChI is InChI=1S/C19H22N4O2/c1-4-24-19(25-5-2)18(13-21)16(3,11-14-9-7-6-8-10-14)17(18,12-20)15(22)23-19/h6-10H,4-5,11H2,1-3H3,(H2,22,23)/p+1/t16-,17+,18-/m1/s1. The average molecular weight is 339 g/mol. The van der Waals surface area contributed by atoms with Gasteiger partial charge in [-0.2, -0.15) is 10.5 Å². The lowest BCUT2D eigenvalue weighted by atomic mass is 9.85. The molecule has 6 nitrogen and oxygen atoms in total. The molecule has 1 aliphatic heterocycles. The molecule has 3 N–H and O–H groups in total. The van der Waals surface area contributed by atoms with Crippen LogP contribution in [0.15, 0.2) is 30.3 Å². The van der Waals surface area contributed by atoms with Crippen LogP contribution in [0.3, 0.4) is 0 Å². The number of amidine groups is 1. The van der Waals surface area contributed by atoms with E-state index < -0.39 is 22.2 Å². The number of nitriles is 2. The van der Waals surface area contributed by atoms with Crippen molar-refractivity contribution in [3.05, 3.63) is 35.9 Å². The molecule has 25 heavy (non-hydrogen) atoms. The van der Waals surface area contributed by atoms with E-state index >= 15 is 0 Å². The highest BCUT2D eigenvalue weighted by atomic mass is 16.7. The summed E-state index contributed by atoms with van der Waals surface area (Å²) >= 11 is 0. The molecule has 6 heteroatoms. The summed E-state index contributed by atoms with van der Waals surface area (Å²) in [6, 6.07) is 14.5. The Hall–Kier alpha value is -2.41. The third-order valence-electron chi connectivity index (χ3n) is 5.78. The van der Waals surface area contributed by atoms with Gasteiger partial charge in [0, 0.05) is 5.41 Å². The molecule has 0 aromatic heterocycles. The predicted octanol–water partition coefficient (Wildman–Crippen LogP) is 0.447. The summed E-state index contributed by atoms with van der Waals surface area (Å²) in [5.41, 5.74) is 4.17. The maximum Gasteiger partial charge on any atom is 0.343 e. The lowest BCUT2D eigenvalue weighted by Crippen LogP contribution is -2.91. The van der Waals surface area contributed by atoms with E-state index in [1.165, 1.54) is 0 Å². The quantitative estimate of drug-likeness (QED) is 0.732. The van der Waals surface area contributed by atoms with Gasteiger partial charge in [-0.15, -0.1) is 0 Å². The van der Waals surface area contributed by atoms with E-state index in [9.17, 15) is 10.5 Å². The molecule has 3 rings (SSSR count). The second kappa shape index (κ2) is 5.56. The van der Waals surface area contributed by atoms with E-state index in [1.54, 1.807) is 0 Å². The molecule has 0 radical (unpaired) electrons. The molecule has 1 saturated carbocycles. The normalized spacial score (nSPS) is 34.5. The van der Waals surface area contributed by atoms with Crippen molar-refractivity contribution in [3.63, 3.8) is 0 Å². The summed E-state index contributed by atoms with van der Waals surface area (Å²) in [5.74, 6) is -1.17. The summed E-state index contributed by atoms with van der Waals surface area (Å²) in [6.45, 7) is 6.23. The van der Waals surface area contributed by atoms with Gasteiger partial charge in [0.25, 0.3) is 5.84 Å². The van der Waals surface area contributed by atoms with Gasteiger partial charge in [-0.05, 0) is 25.8 Å². The van der Waals surface area contributed by atoms with Crippen molar-refractivity contribution in [3.8, 4) is 12.1 Å². The third kappa shape index (κ3) is 1.71.